The molecule has 0 aliphatic rings. The molecule has 0 aliphatic carbocycles. The zero-order valence-electron chi connectivity index (χ0n) is 11.0. The molecule has 21 heavy (non-hydrogen) atoms. The average Bonchev–Trinajstić information content (AvgIpc) is 2.80. The lowest BCUT2D eigenvalue weighted by Gasteiger charge is -2.06. The Kier molecular flexibility index (Phi) is 4.26. The fourth-order valence-corrected chi connectivity index (χ4v) is 4.41. The van der Waals surface area contributed by atoms with Gasteiger partial charge in [-0.25, -0.2) is 4.98 Å². The number of thioether (sulfide) groups is 1. The molecule has 0 atom stereocenters. The van der Waals surface area contributed by atoms with E-state index in [1.165, 1.54) is 23.1 Å². The van der Waals surface area contributed by atoms with Crippen LogP contribution < -0.4 is 5.56 Å². The summed E-state index contributed by atoms with van der Waals surface area (Å²) >= 11 is 15.2. The maximum absolute atomic E-state index is 12.1. The van der Waals surface area contributed by atoms with Gasteiger partial charge in [-0.2, -0.15) is 0 Å². The summed E-state index contributed by atoms with van der Waals surface area (Å²) < 4.78 is 1.61. The van der Waals surface area contributed by atoms with Crippen LogP contribution in [0.15, 0.2) is 39.3 Å². The van der Waals surface area contributed by atoms with E-state index >= 15 is 0 Å². The van der Waals surface area contributed by atoms with Crippen molar-refractivity contribution in [2.24, 2.45) is 0 Å². The largest absolute Gasteiger partial charge is 0.269 e. The SMILES string of the molecule is Cc1csc2nc(CSc3c(Cl)cccc3Cl)cc(=O)n12. The maximum atomic E-state index is 12.1. The summed E-state index contributed by atoms with van der Waals surface area (Å²) in [5.74, 6) is 0.548. The highest BCUT2D eigenvalue weighted by Gasteiger charge is 2.10. The van der Waals surface area contributed by atoms with E-state index in [4.69, 9.17) is 23.2 Å². The first-order valence-corrected chi connectivity index (χ1v) is 8.72. The Morgan fingerprint density at radius 3 is 2.76 bits per heavy atom. The second-order valence-electron chi connectivity index (χ2n) is 4.42. The number of rotatable bonds is 3. The van der Waals surface area contributed by atoms with E-state index in [-0.39, 0.29) is 5.56 Å². The number of halogens is 2. The second kappa shape index (κ2) is 6.01. The normalized spacial score (nSPS) is 11.2. The summed E-state index contributed by atoms with van der Waals surface area (Å²) in [4.78, 5) is 18.1. The van der Waals surface area contributed by atoms with Gasteiger partial charge in [-0.1, -0.05) is 29.3 Å². The minimum absolute atomic E-state index is 0.0559. The third kappa shape index (κ3) is 2.97. The predicted molar refractivity (Wildman–Crippen MR) is 90.1 cm³/mol. The fourth-order valence-electron chi connectivity index (χ4n) is 1.94. The molecule has 0 aliphatic heterocycles. The van der Waals surface area contributed by atoms with Gasteiger partial charge >= 0.3 is 0 Å². The minimum Gasteiger partial charge on any atom is -0.269 e. The zero-order valence-corrected chi connectivity index (χ0v) is 14.1. The highest BCUT2D eigenvalue weighted by atomic mass is 35.5. The van der Waals surface area contributed by atoms with Crippen molar-refractivity contribution in [2.45, 2.75) is 17.6 Å². The molecule has 0 saturated carbocycles. The van der Waals surface area contributed by atoms with Gasteiger partial charge in [0, 0.05) is 27.8 Å². The van der Waals surface area contributed by atoms with Crippen LogP contribution in [0.3, 0.4) is 0 Å². The Hall–Kier alpha value is -1.01. The van der Waals surface area contributed by atoms with Gasteiger partial charge < -0.3 is 0 Å². The summed E-state index contributed by atoms with van der Waals surface area (Å²) in [5.41, 5.74) is 1.57. The molecule has 2 aromatic heterocycles. The third-order valence-corrected chi connectivity index (χ3v) is 5.88. The molecule has 3 rings (SSSR count). The van der Waals surface area contributed by atoms with Crippen LogP contribution in [0, 0.1) is 6.92 Å². The lowest BCUT2D eigenvalue weighted by Crippen LogP contribution is -2.14. The Labute approximate surface area is 139 Å². The predicted octanol–water partition coefficient (Wildman–Crippen LogP) is 4.66. The second-order valence-corrected chi connectivity index (χ2v) is 7.06. The van der Waals surface area contributed by atoms with Crippen LogP contribution in [0.2, 0.25) is 10.0 Å². The van der Waals surface area contributed by atoms with Gasteiger partial charge in [-0.15, -0.1) is 23.1 Å². The van der Waals surface area contributed by atoms with Crippen LogP contribution >= 0.6 is 46.3 Å². The average molecular weight is 357 g/mol. The first-order chi connectivity index (χ1) is 10.1. The van der Waals surface area contributed by atoms with Gasteiger partial charge in [-0.05, 0) is 19.1 Å². The van der Waals surface area contributed by atoms with Gasteiger partial charge in [0.2, 0.25) is 0 Å². The lowest BCUT2D eigenvalue weighted by atomic mass is 10.4. The molecule has 0 saturated heterocycles. The van der Waals surface area contributed by atoms with Crippen LogP contribution in [0.5, 0.6) is 0 Å². The van der Waals surface area contributed by atoms with Gasteiger partial charge in [0.05, 0.1) is 15.7 Å². The minimum atomic E-state index is -0.0559. The number of aryl methyl sites for hydroxylation is 1. The molecule has 0 N–H and O–H groups in total. The summed E-state index contributed by atoms with van der Waals surface area (Å²) in [6.07, 6.45) is 0. The van der Waals surface area contributed by atoms with Crippen LogP contribution in [-0.4, -0.2) is 9.38 Å². The number of fused-ring (bicyclic) bond motifs is 1. The molecule has 0 unspecified atom stereocenters. The quantitative estimate of drug-likeness (QED) is 0.639. The summed E-state index contributed by atoms with van der Waals surface area (Å²) in [6.45, 7) is 1.89. The monoisotopic (exact) mass is 356 g/mol. The molecule has 7 heteroatoms. The summed E-state index contributed by atoms with van der Waals surface area (Å²) in [5, 5.41) is 3.14. The van der Waals surface area contributed by atoms with E-state index in [9.17, 15) is 4.79 Å². The molecule has 0 fully saturated rings. The highest BCUT2D eigenvalue weighted by Crippen LogP contribution is 2.35. The topological polar surface area (TPSA) is 34.4 Å². The van der Waals surface area contributed by atoms with Gasteiger partial charge in [0.25, 0.3) is 5.56 Å². The first-order valence-electron chi connectivity index (χ1n) is 6.10. The van der Waals surface area contributed by atoms with Crippen molar-refractivity contribution in [1.29, 1.82) is 0 Å². The van der Waals surface area contributed by atoms with Crippen LogP contribution in [-0.2, 0) is 5.75 Å². The Balaban J connectivity index is 1.91. The van der Waals surface area contributed by atoms with Crippen molar-refractivity contribution in [1.82, 2.24) is 9.38 Å². The molecule has 3 nitrogen and oxygen atoms in total. The number of nitrogens with zero attached hydrogens (tertiary/aromatic N) is 2. The molecular formula is C14H10Cl2N2OS2. The summed E-state index contributed by atoms with van der Waals surface area (Å²) in [7, 11) is 0. The maximum Gasteiger partial charge on any atom is 0.258 e. The zero-order chi connectivity index (χ0) is 15.0. The van der Waals surface area contributed by atoms with E-state index in [0.717, 1.165) is 16.3 Å². The van der Waals surface area contributed by atoms with Crippen molar-refractivity contribution in [2.75, 3.05) is 0 Å². The molecule has 3 aromatic rings. The Morgan fingerprint density at radius 1 is 1.33 bits per heavy atom. The van der Waals surface area contributed by atoms with E-state index in [0.29, 0.717) is 20.8 Å². The third-order valence-electron chi connectivity index (χ3n) is 2.91. The van der Waals surface area contributed by atoms with Crippen molar-refractivity contribution in [3.8, 4) is 0 Å². The van der Waals surface area contributed by atoms with Gasteiger partial charge in [0.15, 0.2) is 4.96 Å². The number of thiazole rings is 1. The van der Waals surface area contributed by atoms with Crippen LogP contribution in [0.1, 0.15) is 11.4 Å². The molecule has 0 radical (unpaired) electrons. The smallest absolute Gasteiger partial charge is 0.258 e. The lowest BCUT2D eigenvalue weighted by molar-refractivity contribution is 0.997. The molecule has 2 heterocycles. The van der Waals surface area contributed by atoms with E-state index in [1.807, 2.05) is 12.3 Å². The number of benzene rings is 1. The molecule has 108 valence electrons. The number of hydrogen-bond acceptors (Lipinski definition) is 4. The molecular weight excluding hydrogens is 347 g/mol. The van der Waals surface area contributed by atoms with Crippen molar-refractivity contribution < 1.29 is 0 Å². The van der Waals surface area contributed by atoms with Crippen LogP contribution in [0.4, 0.5) is 0 Å². The molecule has 1 aromatic carbocycles. The summed E-state index contributed by atoms with van der Waals surface area (Å²) in [6, 6.07) is 6.96. The van der Waals surface area contributed by atoms with Gasteiger partial charge in [0.1, 0.15) is 0 Å². The Bertz CT molecular complexity index is 853. The van der Waals surface area contributed by atoms with Crippen molar-refractivity contribution in [3.63, 3.8) is 0 Å². The van der Waals surface area contributed by atoms with Gasteiger partial charge in [-0.3, -0.25) is 9.20 Å². The standard InChI is InChI=1S/C14H10Cl2N2OS2/c1-8-6-21-14-17-9(5-12(19)18(8)14)7-20-13-10(15)3-2-4-11(13)16/h2-6H,7H2,1H3. The highest BCUT2D eigenvalue weighted by molar-refractivity contribution is 7.98. The molecule has 0 bridgehead atoms. The number of aromatic nitrogens is 2. The number of hydrogen-bond donors (Lipinski definition) is 0. The van der Waals surface area contributed by atoms with Crippen molar-refractivity contribution in [3.05, 3.63) is 61.4 Å². The van der Waals surface area contributed by atoms with E-state index in [1.54, 1.807) is 28.7 Å². The fraction of sp³-hybridized carbons (Fsp3) is 0.143. The van der Waals surface area contributed by atoms with Crippen LogP contribution in [0.25, 0.3) is 4.96 Å². The van der Waals surface area contributed by atoms with Crippen molar-refractivity contribution >= 4 is 51.3 Å². The Morgan fingerprint density at radius 2 is 2.05 bits per heavy atom. The first kappa shape index (κ1) is 14.9. The molecule has 0 spiro atoms. The molecule has 0 amide bonds. The van der Waals surface area contributed by atoms with E-state index < -0.39 is 0 Å². The van der Waals surface area contributed by atoms with E-state index in [2.05, 4.69) is 4.98 Å².